The van der Waals surface area contributed by atoms with E-state index in [0.29, 0.717) is 13.0 Å². The molecular formula is C15H25N3O. The molecule has 0 fully saturated rings. The first kappa shape index (κ1) is 15.7. The third-order valence-corrected chi connectivity index (χ3v) is 3.02. The minimum Gasteiger partial charge on any atom is -0.326 e. The molecule has 0 heterocycles. The van der Waals surface area contributed by atoms with E-state index in [9.17, 15) is 4.79 Å². The first-order valence-electron chi connectivity index (χ1n) is 6.93. The van der Waals surface area contributed by atoms with Crippen molar-refractivity contribution in [3.8, 4) is 0 Å². The van der Waals surface area contributed by atoms with Gasteiger partial charge in [-0.15, -0.1) is 0 Å². The van der Waals surface area contributed by atoms with Gasteiger partial charge in [-0.3, -0.25) is 4.79 Å². The summed E-state index contributed by atoms with van der Waals surface area (Å²) in [5.74, 6) is 0.0744. The molecule has 0 saturated heterocycles. The first-order valence-corrected chi connectivity index (χ1v) is 6.93. The van der Waals surface area contributed by atoms with Gasteiger partial charge in [-0.1, -0.05) is 19.1 Å². The zero-order valence-electron chi connectivity index (χ0n) is 12.0. The zero-order valence-corrected chi connectivity index (χ0v) is 12.0. The molecule has 19 heavy (non-hydrogen) atoms. The standard InChI is InChI=1S/C15H25N3O/c1-3-10-18(2)11-4-5-15(19)17-14-8-6-13(12-16)7-9-14/h6-9H,3-5,10-12,16H2,1-2H3,(H,17,19). The maximum atomic E-state index is 11.8. The Balaban J connectivity index is 2.26. The van der Waals surface area contributed by atoms with Crippen LogP contribution in [0.15, 0.2) is 24.3 Å². The van der Waals surface area contributed by atoms with Crippen LogP contribution in [0.1, 0.15) is 31.7 Å². The molecule has 0 radical (unpaired) electrons. The van der Waals surface area contributed by atoms with Crippen LogP contribution < -0.4 is 11.1 Å². The van der Waals surface area contributed by atoms with Gasteiger partial charge in [0.05, 0.1) is 0 Å². The molecule has 1 aromatic rings. The smallest absolute Gasteiger partial charge is 0.224 e. The molecule has 0 atom stereocenters. The molecule has 1 amide bonds. The highest BCUT2D eigenvalue weighted by Gasteiger charge is 2.03. The second kappa shape index (κ2) is 8.67. The molecular weight excluding hydrogens is 238 g/mol. The Kier molecular flexibility index (Phi) is 7.15. The largest absolute Gasteiger partial charge is 0.326 e. The van der Waals surface area contributed by atoms with Crippen LogP contribution in [0.25, 0.3) is 0 Å². The molecule has 0 bridgehead atoms. The van der Waals surface area contributed by atoms with E-state index in [1.54, 1.807) is 0 Å². The molecule has 0 spiro atoms. The van der Waals surface area contributed by atoms with Crippen LogP contribution in [0.2, 0.25) is 0 Å². The number of benzene rings is 1. The highest BCUT2D eigenvalue weighted by molar-refractivity contribution is 5.90. The Labute approximate surface area is 116 Å². The summed E-state index contributed by atoms with van der Waals surface area (Å²) in [4.78, 5) is 14.0. The van der Waals surface area contributed by atoms with Crippen LogP contribution >= 0.6 is 0 Å². The fourth-order valence-corrected chi connectivity index (χ4v) is 1.95. The molecule has 0 aliphatic carbocycles. The normalized spacial score (nSPS) is 10.7. The number of hydrogen-bond acceptors (Lipinski definition) is 3. The fourth-order valence-electron chi connectivity index (χ4n) is 1.95. The van der Waals surface area contributed by atoms with Gasteiger partial charge in [0.1, 0.15) is 0 Å². The number of hydrogen-bond donors (Lipinski definition) is 2. The molecule has 3 N–H and O–H groups in total. The highest BCUT2D eigenvalue weighted by Crippen LogP contribution is 2.09. The Bertz CT molecular complexity index is 375. The number of rotatable bonds is 8. The number of carbonyl (C=O) groups excluding carboxylic acids is 1. The lowest BCUT2D eigenvalue weighted by atomic mass is 10.2. The van der Waals surface area contributed by atoms with Gasteiger partial charge < -0.3 is 16.0 Å². The van der Waals surface area contributed by atoms with Crippen molar-refractivity contribution in [3.05, 3.63) is 29.8 Å². The van der Waals surface area contributed by atoms with Crippen LogP contribution in [0, 0.1) is 0 Å². The Morgan fingerprint density at radius 3 is 2.53 bits per heavy atom. The summed E-state index contributed by atoms with van der Waals surface area (Å²) in [6.45, 7) is 4.74. The van der Waals surface area contributed by atoms with Crippen molar-refractivity contribution in [2.24, 2.45) is 5.73 Å². The molecule has 0 aliphatic heterocycles. The topological polar surface area (TPSA) is 58.4 Å². The minimum absolute atomic E-state index is 0.0744. The summed E-state index contributed by atoms with van der Waals surface area (Å²) in [6, 6.07) is 7.65. The van der Waals surface area contributed by atoms with Crippen molar-refractivity contribution in [2.75, 3.05) is 25.5 Å². The maximum absolute atomic E-state index is 11.8. The summed E-state index contributed by atoms with van der Waals surface area (Å²) < 4.78 is 0. The number of nitrogens with zero attached hydrogens (tertiary/aromatic N) is 1. The van der Waals surface area contributed by atoms with Crippen molar-refractivity contribution in [1.82, 2.24) is 4.90 Å². The van der Waals surface area contributed by atoms with Crippen LogP contribution in [-0.2, 0) is 11.3 Å². The SMILES string of the molecule is CCCN(C)CCCC(=O)Nc1ccc(CN)cc1. The van der Waals surface area contributed by atoms with Crippen LogP contribution in [0.3, 0.4) is 0 Å². The Morgan fingerprint density at radius 1 is 1.26 bits per heavy atom. The van der Waals surface area contributed by atoms with Crippen molar-refractivity contribution in [3.63, 3.8) is 0 Å². The van der Waals surface area contributed by atoms with E-state index in [1.165, 1.54) is 0 Å². The van der Waals surface area contributed by atoms with Crippen LogP contribution in [0.4, 0.5) is 5.69 Å². The van der Waals surface area contributed by atoms with E-state index in [4.69, 9.17) is 5.73 Å². The first-order chi connectivity index (χ1) is 9.15. The van der Waals surface area contributed by atoms with Gasteiger partial charge in [0.15, 0.2) is 0 Å². The molecule has 4 nitrogen and oxygen atoms in total. The zero-order chi connectivity index (χ0) is 14.1. The number of anilines is 1. The molecule has 1 aromatic carbocycles. The Hall–Kier alpha value is -1.39. The molecule has 1 rings (SSSR count). The summed E-state index contributed by atoms with van der Waals surface area (Å²) in [7, 11) is 2.09. The van der Waals surface area contributed by atoms with E-state index in [-0.39, 0.29) is 5.91 Å². The lowest BCUT2D eigenvalue weighted by Gasteiger charge is -2.14. The van der Waals surface area contributed by atoms with Crippen molar-refractivity contribution >= 4 is 11.6 Å². The van der Waals surface area contributed by atoms with Crippen LogP contribution in [0.5, 0.6) is 0 Å². The van der Waals surface area contributed by atoms with Gasteiger partial charge >= 0.3 is 0 Å². The second-order valence-electron chi connectivity index (χ2n) is 4.86. The van der Waals surface area contributed by atoms with Gasteiger partial charge in [0.2, 0.25) is 5.91 Å². The molecule has 106 valence electrons. The van der Waals surface area contributed by atoms with Crippen molar-refractivity contribution < 1.29 is 4.79 Å². The second-order valence-corrected chi connectivity index (χ2v) is 4.86. The number of carbonyl (C=O) groups is 1. The quantitative estimate of drug-likeness (QED) is 0.756. The number of nitrogens with two attached hydrogens (primary N) is 1. The highest BCUT2D eigenvalue weighted by atomic mass is 16.1. The lowest BCUT2D eigenvalue weighted by Crippen LogP contribution is -2.22. The van der Waals surface area contributed by atoms with Gasteiger partial charge in [0.25, 0.3) is 0 Å². The molecule has 4 heteroatoms. The van der Waals surface area contributed by atoms with Gasteiger partial charge in [0, 0.05) is 18.7 Å². The maximum Gasteiger partial charge on any atom is 0.224 e. The molecule has 0 saturated carbocycles. The van der Waals surface area contributed by atoms with Gasteiger partial charge in [-0.05, 0) is 50.7 Å². The van der Waals surface area contributed by atoms with Gasteiger partial charge in [-0.2, -0.15) is 0 Å². The third kappa shape index (κ3) is 6.36. The summed E-state index contributed by atoms with van der Waals surface area (Å²) in [5.41, 5.74) is 7.43. The van der Waals surface area contributed by atoms with Crippen molar-refractivity contribution in [2.45, 2.75) is 32.7 Å². The molecule has 0 aromatic heterocycles. The monoisotopic (exact) mass is 263 g/mol. The van der Waals surface area contributed by atoms with Gasteiger partial charge in [-0.25, -0.2) is 0 Å². The summed E-state index contributed by atoms with van der Waals surface area (Å²) >= 11 is 0. The molecule has 0 aliphatic rings. The molecule has 0 unspecified atom stereocenters. The summed E-state index contributed by atoms with van der Waals surface area (Å²) in [6.07, 6.45) is 2.60. The predicted molar refractivity (Wildman–Crippen MR) is 80.0 cm³/mol. The van der Waals surface area contributed by atoms with E-state index < -0.39 is 0 Å². The summed E-state index contributed by atoms with van der Waals surface area (Å²) in [5, 5.41) is 2.90. The van der Waals surface area contributed by atoms with Crippen molar-refractivity contribution in [1.29, 1.82) is 0 Å². The average molecular weight is 263 g/mol. The van der Waals surface area contributed by atoms with Crippen LogP contribution in [-0.4, -0.2) is 30.9 Å². The van der Waals surface area contributed by atoms with E-state index in [0.717, 1.165) is 37.2 Å². The minimum atomic E-state index is 0.0744. The predicted octanol–water partition coefficient (Wildman–Crippen LogP) is 2.21. The average Bonchev–Trinajstić information content (AvgIpc) is 2.40. The fraction of sp³-hybridized carbons (Fsp3) is 0.533. The van der Waals surface area contributed by atoms with E-state index >= 15 is 0 Å². The Morgan fingerprint density at radius 2 is 1.95 bits per heavy atom. The van der Waals surface area contributed by atoms with E-state index in [2.05, 4.69) is 24.2 Å². The third-order valence-electron chi connectivity index (χ3n) is 3.02. The van der Waals surface area contributed by atoms with E-state index in [1.807, 2.05) is 24.3 Å². The number of amides is 1. The lowest BCUT2D eigenvalue weighted by molar-refractivity contribution is -0.116. The number of nitrogens with one attached hydrogen (secondary N) is 1.